The first kappa shape index (κ1) is 15.5. The summed E-state index contributed by atoms with van der Waals surface area (Å²) in [6.07, 6.45) is 0.381. The van der Waals surface area contributed by atoms with Crippen LogP contribution in [0.5, 0.6) is 0 Å². The minimum Gasteiger partial charge on any atom is -0.278 e. The van der Waals surface area contributed by atoms with Crippen LogP contribution in [0.3, 0.4) is 0 Å². The van der Waals surface area contributed by atoms with Crippen molar-refractivity contribution in [1.82, 2.24) is 18.7 Å². The molecule has 120 valence electrons. The first-order valence-electron chi connectivity index (χ1n) is 7.06. The van der Waals surface area contributed by atoms with Crippen molar-refractivity contribution in [2.24, 2.45) is 7.05 Å². The lowest BCUT2D eigenvalue weighted by Crippen LogP contribution is -2.35. The molecule has 0 aliphatic carbocycles. The van der Waals surface area contributed by atoms with Crippen molar-refractivity contribution in [2.75, 3.05) is 13.1 Å². The second-order valence-corrected chi connectivity index (χ2v) is 7.20. The van der Waals surface area contributed by atoms with Crippen LogP contribution >= 0.6 is 0 Å². The van der Waals surface area contributed by atoms with E-state index in [4.69, 9.17) is 5.26 Å². The third-order valence-corrected chi connectivity index (χ3v) is 5.78. The number of nitrogens with zero attached hydrogens (tertiary/aromatic N) is 5. The van der Waals surface area contributed by atoms with Crippen LogP contribution in [0.25, 0.3) is 0 Å². The zero-order valence-corrected chi connectivity index (χ0v) is 13.3. The molecule has 0 spiro atoms. The molecule has 0 saturated carbocycles. The van der Waals surface area contributed by atoms with Gasteiger partial charge in [0.05, 0.1) is 16.5 Å². The molecule has 1 aliphatic rings. The fourth-order valence-corrected chi connectivity index (χ4v) is 4.04. The Bertz CT molecular complexity index is 934. The number of benzene rings is 1. The highest BCUT2D eigenvalue weighted by atomic mass is 32.2. The Hall–Kier alpha value is -2.44. The Balaban J connectivity index is 1.87. The molecule has 2 heterocycles. The van der Waals surface area contributed by atoms with Gasteiger partial charge in [-0.15, -0.1) is 0 Å². The average molecular weight is 333 g/mol. The highest BCUT2D eigenvalue weighted by molar-refractivity contribution is 7.89. The van der Waals surface area contributed by atoms with Crippen molar-refractivity contribution in [2.45, 2.75) is 17.9 Å². The van der Waals surface area contributed by atoms with Crippen LogP contribution in [0.4, 0.5) is 0 Å². The van der Waals surface area contributed by atoms with E-state index in [2.05, 4.69) is 5.10 Å². The minimum absolute atomic E-state index is 0.143. The van der Waals surface area contributed by atoms with Crippen molar-refractivity contribution in [3.63, 3.8) is 0 Å². The standard InChI is InChI=1S/C14H15N5O3S/c1-17-14(20)19-9-8-18(7-6-13(19)16-17)23(21,22)12-4-2-11(10-15)3-5-12/h2-5H,6-9H2,1H3. The first-order valence-corrected chi connectivity index (χ1v) is 8.50. The van der Waals surface area contributed by atoms with Gasteiger partial charge in [-0.05, 0) is 24.3 Å². The second kappa shape index (κ2) is 5.64. The molecule has 1 aromatic heterocycles. The predicted octanol–water partition coefficient (Wildman–Crippen LogP) is -0.300. The number of aromatic nitrogens is 3. The fourth-order valence-electron chi connectivity index (χ4n) is 2.60. The maximum Gasteiger partial charge on any atom is 0.345 e. The minimum atomic E-state index is -3.65. The largest absolute Gasteiger partial charge is 0.345 e. The zero-order valence-electron chi connectivity index (χ0n) is 12.5. The van der Waals surface area contributed by atoms with Crippen molar-refractivity contribution in [1.29, 1.82) is 5.26 Å². The van der Waals surface area contributed by atoms with Crippen molar-refractivity contribution in [3.05, 3.63) is 46.1 Å². The van der Waals surface area contributed by atoms with E-state index in [1.165, 1.54) is 37.8 Å². The molecule has 1 aromatic carbocycles. The molecule has 0 amide bonds. The Kier molecular flexibility index (Phi) is 3.79. The van der Waals surface area contributed by atoms with E-state index in [-0.39, 0.29) is 30.2 Å². The Labute approximate surface area is 133 Å². The van der Waals surface area contributed by atoms with Gasteiger partial charge < -0.3 is 0 Å². The average Bonchev–Trinajstić information content (AvgIpc) is 2.72. The van der Waals surface area contributed by atoms with Gasteiger partial charge in [0, 0.05) is 33.1 Å². The van der Waals surface area contributed by atoms with Gasteiger partial charge in [-0.3, -0.25) is 4.57 Å². The van der Waals surface area contributed by atoms with Crippen LogP contribution < -0.4 is 5.69 Å². The number of hydrogen-bond donors (Lipinski definition) is 0. The molecule has 0 atom stereocenters. The Morgan fingerprint density at radius 3 is 2.52 bits per heavy atom. The summed E-state index contributed by atoms with van der Waals surface area (Å²) in [5.41, 5.74) is 0.168. The number of rotatable bonds is 2. The van der Waals surface area contributed by atoms with E-state index in [9.17, 15) is 13.2 Å². The topological polar surface area (TPSA) is 101 Å². The summed E-state index contributed by atoms with van der Waals surface area (Å²) in [7, 11) is -2.08. The van der Waals surface area contributed by atoms with Gasteiger partial charge in [-0.1, -0.05) is 0 Å². The highest BCUT2D eigenvalue weighted by Gasteiger charge is 2.28. The third-order valence-electron chi connectivity index (χ3n) is 3.86. The molecule has 3 rings (SSSR count). The van der Waals surface area contributed by atoms with Gasteiger partial charge in [-0.25, -0.2) is 17.9 Å². The summed E-state index contributed by atoms with van der Waals surface area (Å²) >= 11 is 0. The molecule has 0 N–H and O–H groups in total. The van der Waals surface area contributed by atoms with Gasteiger partial charge in [0.2, 0.25) is 10.0 Å². The molecule has 2 aromatic rings. The lowest BCUT2D eigenvalue weighted by molar-refractivity contribution is 0.411. The van der Waals surface area contributed by atoms with Crippen LogP contribution in [0.1, 0.15) is 11.4 Å². The van der Waals surface area contributed by atoms with E-state index in [0.717, 1.165) is 0 Å². The number of sulfonamides is 1. The molecular weight excluding hydrogens is 318 g/mol. The van der Waals surface area contributed by atoms with Gasteiger partial charge in [0.1, 0.15) is 5.82 Å². The highest BCUT2D eigenvalue weighted by Crippen LogP contribution is 2.18. The molecule has 9 heteroatoms. The molecule has 8 nitrogen and oxygen atoms in total. The van der Waals surface area contributed by atoms with E-state index >= 15 is 0 Å². The number of fused-ring (bicyclic) bond motifs is 1. The van der Waals surface area contributed by atoms with Crippen molar-refractivity contribution in [3.8, 4) is 6.07 Å². The van der Waals surface area contributed by atoms with Gasteiger partial charge in [0.25, 0.3) is 0 Å². The molecule has 0 unspecified atom stereocenters. The van der Waals surface area contributed by atoms with Gasteiger partial charge >= 0.3 is 5.69 Å². The lowest BCUT2D eigenvalue weighted by Gasteiger charge is -2.19. The molecule has 0 radical (unpaired) electrons. The number of hydrogen-bond acceptors (Lipinski definition) is 5. The summed E-state index contributed by atoms with van der Waals surface area (Å²) in [4.78, 5) is 12.1. The summed E-state index contributed by atoms with van der Waals surface area (Å²) in [5.74, 6) is 0.593. The molecule has 0 saturated heterocycles. The number of nitriles is 1. The summed E-state index contributed by atoms with van der Waals surface area (Å²) in [6, 6.07) is 7.77. The first-order chi connectivity index (χ1) is 10.9. The summed E-state index contributed by atoms with van der Waals surface area (Å²) in [5, 5.41) is 12.9. The lowest BCUT2D eigenvalue weighted by atomic mass is 10.2. The van der Waals surface area contributed by atoms with E-state index < -0.39 is 10.0 Å². The predicted molar refractivity (Wildman–Crippen MR) is 81.1 cm³/mol. The fraction of sp³-hybridized carbons (Fsp3) is 0.357. The molecule has 23 heavy (non-hydrogen) atoms. The second-order valence-electron chi connectivity index (χ2n) is 5.26. The number of aryl methyl sites for hydroxylation is 1. The van der Waals surface area contributed by atoms with Crippen molar-refractivity contribution < 1.29 is 8.42 Å². The van der Waals surface area contributed by atoms with Crippen LogP contribution in [0, 0.1) is 11.3 Å². The maximum absolute atomic E-state index is 12.7. The van der Waals surface area contributed by atoms with Crippen LogP contribution in [0.15, 0.2) is 34.0 Å². The maximum atomic E-state index is 12.7. The quantitative estimate of drug-likeness (QED) is 0.751. The zero-order chi connectivity index (χ0) is 16.6. The van der Waals surface area contributed by atoms with Crippen LogP contribution in [-0.4, -0.2) is 40.2 Å². The van der Waals surface area contributed by atoms with Gasteiger partial charge in [-0.2, -0.15) is 14.7 Å². The SMILES string of the molecule is Cn1nc2n(c1=O)CCN(S(=O)(=O)c1ccc(C#N)cc1)CC2. The summed E-state index contributed by atoms with van der Waals surface area (Å²) < 4.78 is 29.5. The summed E-state index contributed by atoms with van der Waals surface area (Å²) in [6.45, 7) is 0.747. The van der Waals surface area contributed by atoms with E-state index in [1.807, 2.05) is 6.07 Å². The van der Waals surface area contributed by atoms with Gasteiger partial charge in [0.15, 0.2) is 0 Å². The Morgan fingerprint density at radius 1 is 1.17 bits per heavy atom. The van der Waals surface area contributed by atoms with Crippen LogP contribution in [-0.2, 0) is 30.0 Å². The van der Waals surface area contributed by atoms with Crippen LogP contribution in [0.2, 0.25) is 0 Å². The smallest absolute Gasteiger partial charge is 0.278 e. The molecular formula is C14H15N5O3S. The third kappa shape index (κ3) is 2.67. The monoisotopic (exact) mass is 333 g/mol. The molecule has 0 bridgehead atoms. The van der Waals surface area contributed by atoms with E-state index in [0.29, 0.717) is 17.8 Å². The molecule has 1 aliphatic heterocycles. The van der Waals surface area contributed by atoms with E-state index in [1.54, 1.807) is 7.05 Å². The molecule has 0 fully saturated rings. The normalized spacial score (nSPS) is 15.7. The Morgan fingerprint density at radius 2 is 1.87 bits per heavy atom. The van der Waals surface area contributed by atoms with Crippen molar-refractivity contribution >= 4 is 10.0 Å².